The summed E-state index contributed by atoms with van der Waals surface area (Å²) in [4.78, 5) is 2.26. The molecule has 1 aliphatic heterocycles. The van der Waals surface area contributed by atoms with E-state index in [1.165, 1.54) is 0 Å². The maximum Gasteiger partial charge on any atom is 0.151 e. The van der Waals surface area contributed by atoms with Crippen molar-refractivity contribution in [3.63, 3.8) is 0 Å². The molecular weight excluding hydrogens is 186 g/mol. The van der Waals surface area contributed by atoms with E-state index in [9.17, 15) is 8.42 Å². The van der Waals surface area contributed by atoms with Gasteiger partial charge in [-0.05, 0) is 18.9 Å². The van der Waals surface area contributed by atoms with Crippen molar-refractivity contribution in [2.75, 3.05) is 31.1 Å². The number of sulfone groups is 1. The molecule has 0 saturated carbocycles. The lowest BCUT2D eigenvalue weighted by atomic mass is 10.2. The van der Waals surface area contributed by atoms with E-state index < -0.39 is 9.84 Å². The standard InChI is InChI=1S/C9H19NO2S/c1-9(2)8-10-4-3-6-13(11,12)7-5-10/h9H,3-8H2,1-2H3. The number of nitrogens with zero attached hydrogens (tertiary/aromatic N) is 1. The molecule has 0 spiro atoms. The van der Waals surface area contributed by atoms with Crippen LogP contribution in [0.5, 0.6) is 0 Å². The second kappa shape index (κ2) is 4.42. The Labute approximate surface area is 81.0 Å². The largest absolute Gasteiger partial charge is 0.302 e. The molecule has 1 rings (SSSR count). The molecule has 1 saturated heterocycles. The van der Waals surface area contributed by atoms with Crippen molar-refractivity contribution >= 4 is 9.84 Å². The first kappa shape index (κ1) is 11.0. The number of hydrogen-bond donors (Lipinski definition) is 0. The van der Waals surface area contributed by atoms with E-state index in [0.717, 1.165) is 26.1 Å². The highest BCUT2D eigenvalue weighted by atomic mass is 32.2. The van der Waals surface area contributed by atoms with Gasteiger partial charge in [-0.25, -0.2) is 8.42 Å². The first-order valence-corrected chi connectivity index (χ1v) is 6.74. The molecule has 1 aliphatic rings. The van der Waals surface area contributed by atoms with Gasteiger partial charge in [-0.2, -0.15) is 0 Å². The summed E-state index contributed by atoms with van der Waals surface area (Å²) in [7, 11) is -2.73. The van der Waals surface area contributed by atoms with E-state index in [2.05, 4.69) is 18.7 Å². The van der Waals surface area contributed by atoms with Gasteiger partial charge in [-0.3, -0.25) is 0 Å². The fourth-order valence-electron chi connectivity index (χ4n) is 1.69. The van der Waals surface area contributed by atoms with Crippen LogP contribution in [-0.2, 0) is 9.84 Å². The second-order valence-corrected chi connectivity index (χ2v) is 6.50. The molecule has 13 heavy (non-hydrogen) atoms. The Kier molecular flexibility index (Phi) is 3.74. The predicted molar refractivity (Wildman–Crippen MR) is 54.5 cm³/mol. The van der Waals surface area contributed by atoms with Gasteiger partial charge >= 0.3 is 0 Å². The topological polar surface area (TPSA) is 37.4 Å². The van der Waals surface area contributed by atoms with Gasteiger partial charge in [-0.15, -0.1) is 0 Å². The maximum absolute atomic E-state index is 11.3. The van der Waals surface area contributed by atoms with Crippen molar-refractivity contribution in [1.29, 1.82) is 0 Å². The molecule has 0 unspecified atom stereocenters. The van der Waals surface area contributed by atoms with Gasteiger partial charge in [0.15, 0.2) is 9.84 Å². The molecule has 4 heteroatoms. The quantitative estimate of drug-likeness (QED) is 0.668. The minimum Gasteiger partial charge on any atom is -0.302 e. The number of rotatable bonds is 2. The lowest BCUT2D eigenvalue weighted by Gasteiger charge is -2.20. The lowest BCUT2D eigenvalue weighted by molar-refractivity contribution is 0.262. The highest BCUT2D eigenvalue weighted by molar-refractivity contribution is 7.91. The fraction of sp³-hybridized carbons (Fsp3) is 1.00. The first-order chi connectivity index (χ1) is 5.99. The zero-order chi connectivity index (χ0) is 9.90. The van der Waals surface area contributed by atoms with Crippen LogP contribution in [0.25, 0.3) is 0 Å². The van der Waals surface area contributed by atoms with Crippen LogP contribution in [0.1, 0.15) is 20.3 Å². The Balaban J connectivity index is 2.45. The maximum atomic E-state index is 11.3. The Bertz CT molecular complexity index is 246. The Morgan fingerprint density at radius 3 is 2.54 bits per heavy atom. The molecule has 0 N–H and O–H groups in total. The molecule has 0 amide bonds. The average molecular weight is 205 g/mol. The van der Waals surface area contributed by atoms with Crippen molar-refractivity contribution in [1.82, 2.24) is 4.90 Å². The molecule has 1 heterocycles. The minimum absolute atomic E-state index is 0.347. The van der Waals surface area contributed by atoms with Crippen molar-refractivity contribution in [3.8, 4) is 0 Å². The van der Waals surface area contributed by atoms with Gasteiger partial charge in [0.1, 0.15) is 0 Å². The Morgan fingerprint density at radius 2 is 1.92 bits per heavy atom. The molecule has 3 nitrogen and oxygen atoms in total. The molecule has 0 aromatic heterocycles. The molecule has 78 valence electrons. The van der Waals surface area contributed by atoms with E-state index >= 15 is 0 Å². The molecule has 0 aromatic carbocycles. The van der Waals surface area contributed by atoms with E-state index in [-0.39, 0.29) is 0 Å². The van der Waals surface area contributed by atoms with E-state index in [4.69, 9.17) is 0 Å². The summed E-state index contributed by atoms with van der Waals surface area (Å²) in [6.45, 7) is 7.02. The molecule has 0 radical (unpaired) electrons. The van der Waals surface area contributed by atoms with Crippen molar-refractivity contribution < 1.29 is 8.42 Å². The second-order valence-electron chi connectivity index (χ2n) is 4.20. The normalized spacial score (nSPS) is 24.5. The van der Waals surface area contributed by atoms with Crippen molar-refractivity contribution in [3.05, 3.63) is 0 Å². The summed E-state index contributed by atoms with van der Waals surface area (Å²) in [6, 6.07) is 0. The predicted octanol–water partition coefficient (Wildman–Crippen LogP) is 0.763. The zero-order valence-corrected chi connectivity index (χ0v) is 9.31. The molecule has 1 fully saturated rings. The third-order valence-corrected chi connectivity index (χ3v) is 3.99. The van der Waals surface area contributed by atoms with Crippen LogP contribution in [0.4, 0.5) is 0 Å². The van der Waals surface area contributed by atoms with Crippen LogP contribution < -0.4 is 0 Å². The Hall–Kier alpha value is -0.0900. The summed E-state index contributed by atoms with van der Waals surface area (Å²) in [5.41, 5.74) is 0. The highest BCUT2D eigenvalue weighted by Crippen LogP contribution is 2.07. The zero-order valence-electron chi connectivity index (χ0n) is 8.49. The molecule has 0 atom stereocenters. The van der Waals surface area contributed by atoms with Crippen molar-refractivity contribution in [2.24, 2.45) is 5.92 Å². The highest BCUT2D eigenvalue weighted by Gasteiger charge is 2.18. The molecule has 0 bridgehead atoms. The van der Waals surface area contributed by atoms with Gasteiger partial charge < -0.3 is 4.90 Å². The van der Waals surface area contributed by atoms with Gasteiger partial charge in [0.25, 0.3) is 0 Å². The van der Waals surface area contributed by atoms with Crippen LogP contribution >= 0.6 is 0 Å². The molecule has 0 aliphatic carbocycles. The average Bonchev–Trinajstić information content (AvgIpc) is 2.12. The number of hydrogen-bond acceptors (Lipinski definition) is 3. The van der Waals surface area contributed by atoms with Crippen LogP contribution in [-0.4, -0.2) is 44.5 Å². The monoisotopic (exact) mass is 205 g/mol. The van der Waals surface area contributed by atoms with Gasteiger partial charge in [0, 0.05) is 13.1 Å². The lowest BCUT2D eigenvalue weighted by Crippen LogP contribution is -2.30. The molecule has 0 aromatic rings. The van der Waals surface area contributed by atoms with Crippen LogP contribution in [0.15, 0.2) is 0 Å². The summed E-state index contributed by atoms with van der Waals surface area (Å²) in [5, 5.41) is 0. The first-order valence-electron chi connectivity index (χ1n) is 4.92. The SMILES string of the molecule is CC(C)CN1CCCS(=O)(=O)CC1. The Morgan fingerprint density at radius 1 is 1.23 bits per heavy atom. The third-order valence-electron chi connectivity index (χ3n) is 2.27. The van der Waals surface area contributed by atoms with Crippen LogP contribution in [0.2, 0.25) is 0 Å². The van der Waals surface area contributed by atoms with Crippen molar-refractivity contribution in [2.45, 2.75) is 20.3 Å². The third kappa shape index (κ3) is 4.09. The van der Waals surface area contributed by atoms with Gasteiger partial charge in [-0.1, -0.05) is 13.8 Å². The summed E-state index contributed by atoms with van der Waals surface area (Å²) < 4.78 is 22.6. The summed E-state index contributed by atoms with van der Waals surface area (Å²) in [5.74, 6) is 1.35. The minimum atomic E-state index is -2.73. The van der Waals surface area contributed by atoms with Gasteiger partial charge in [0.05, 0.1) is 11.5 Å². The van der Waals surface area contributed by atoms with Crippen LogP contribution in [0, 0.1) is 5.92 Å². The fourth-order valence-corrected chi connectivity index (χ4v) is 3.00. The summed E-state index contributed by atoms with van der Waals surface area (Å²) in [6.07, 6.45) is 0.801. The summed E-state index contributed by atoms with van der Waals surface area (Å²) >= 11 is 0. The van der Waals surface area contributed by atoms with E-state index in [0.29, 0.717) is 17.4 Å². The van der Waals surface area contributed by atoms with Gasteiger partial charge in [0.2, 0.25) is 0 Å². The van der Waals surface area contributed by atoms with Crippen LogP contribution in [0.3, 0.4) is 0 Å². The van der Waals surface area contributed by atoms with E-state index in [1.54, 1.807) is 0 Å². The smallest absolute Gasteiger partial charge is 0.151 e. The van der Waals surface area contributed by atoms with E-state index in [1.807, 2.05) is 0 Å². The molecular formula is C9H19NO2S.